The van der Waals surface area contributed by atoms with Crippen LogP contribution in [-0.4, -0.2) is 41.0 Å². The highest BCUT2D eigenvalue weighted by molar-refractivity contribution is 5.78. The number of ether oxygens (including phenoxy) is 1. The average Bonchev–Trinajstić information content (AvgIpc) is 3.07. The molecule has 0 radical (unpaired) electrons. The molecule has 2 N–H and O–H groups in total. The van der Waals surface area contributed by atoms with Crippen LogP contribution >= 0.6 is 0 Å². The molecule has 0 saturated carbocycles. The van der Waals surface area contributed by atoms with Gasteiger partial charge in [0.15, 0.2) is 0 Å². The predicted molar refractivity (Wildman–Crippen MR) is 92.8 cm³/mol. The summed E-state index contributed by atoms with van der Waals surface area (Å²) in [4.78, 5) is 41.4. The topological polar surface area (TPSA) is 95.3 Å². The number of nitrogens with one attached hydrogen (secondary N) is 2. The van der Waals surface area contributed by atoms with Crippen LogP contribution in [0.4, 0.5) is 0 Å². The molecule has 1 fully saturated rings. The quantitative estimate of drug-likeness (QED) is 0.836. The monoisotopic (exact) mass is 343 g/mol. The van der Waals surface area contributed by atoms with E-state index in [2.05, 4.69) is 9.97 Å². The standard InChI is InChI=1S/C18H21N3O4/c1-25-15-4-2-12(3-5-15)8-13-6-7-21(11-13)16(22)9-14-10-19-18(24)20-17(14)23/h2-5,10,13H,6-9,11H2,1H3,(H2,19,20,23,24). The summed E-state index contributed by atoms with van der Waals surface area (Å²) < 4.78 is 5.16. The van der Waals surface area contributed by atoms with E-state index in [0.29, 0.717) is 19.0 Å². The van der Waals surface area contributed by atoms with E-state index in [0.717, 1.165) is 18.6 Å². The highest BCUT2D eigenvalue weighted by Gasteiger charge is 2.26. The predicted octanol–water partition coefficient (Wildman–Crippen LogP) is 0.706. The van der Waals surface area contributed by atoms with Gasteiger partial charge >= 0.3 is 5.69 Å². The number of likely N-dealkylation sites (tertiary alicyclic amines) is 1. The van der Waals surface area contributed by atoms with Gasteiger partial charge < -0.3 is 14.6 Å². The Morgan fingerprint density at radius 3 is 2.72 bits per heavy atom. The van der Waals surface area contributed by atoms with E-state index in [9.17, 15) is 14.4 Å². The van der Waals surface area contributed by atoms with E-state index < -0.39 is 11.2 Å². The van der Waals surface area contributed by atoms with Gasteiger partial charge in [0.25, 0.3) is 5.56 Å². The van der Waals surface area contributed by atoms with Crippen molar-refractivity contribution >= 4 is 5.91 Å². The number of H-pyrrole nitrogens is 2. The SMILES string of the molecule is COc1ccc(CC2CCN(C(=O)Cc3c[nH]c(=O)[nH]c3=O)C2)cc1. The molecule has 7 nitrogen and oxygen atoms in total. The number of methoxy groups -OCH3 is 1. The lowest BCUT2D eigenvalue weighted by atomic mass is 9.99. The molecule has 3 rings (SSSR count). The van der Waals surface area contributed by atoms with Gasteiger partial charge in [-0.2, -0.15) is 0 Å². The minimum absolute atomic E-state index is 0.00136. The minimum Gasteiger partial charge on any atom is -0.497 e. The molecule has 1 aromatic carbocycles. The van der Waals surface area contributed by atoms with E-state index in [1.165, 1.54) is 11.8 Å². The number of rotatable bonds is 5. The number of benzene rings is 1. The van der Waals surface area contributed by atoms with Crippen LogP contribution in [-0.2, 0) is 17.6 Å². The molecule has 2 aromatic rings. The van der Waals surface area contributed by atoms with Gasteiger partial charge in [0.05, 0.1) is 13.5 Å². The first-order valence-electron chi connectivity index (χ1n) is 8.26. The largest absolute Gasteiger partial charge is 0.497 e. The number of aromatic nitrogens is 2. The van der Waals surface area contributed by atoms with Crippen LogP contribution in [0.25, 0.3) is 0 Å². The molecule has 0 bridgehead atoms. The first-order chi connectivity index (χ1) is 12.0. The Bertz CT molecular complexity index is 854. The Morgan fingerprint density at radius 1 is 1.28 bits per heavy atom. The summed E-state index contributed by atoms with van der Waals surface area (Å²) in [5, 5.41) is 0. The van der Waals surface area contributed by atoms with Crippen molar-refractivity contribution in [2.75, 3.05) is 20.2 Å². The summed E-state index contributed by atoms with van der Waals surface area (Å²) in [6, 6.07) is 7.97. The van der Waals surface area contributed by atoms with Gasteiger partial charge in [-0.15, -0.1) is 0 Å². The lowest BCUT2D eigenvalue weighted by molar-refractivity contribution is -0.129. The van der Waals surface area contributed by atoms with Crippen LogP contribution in [0.1, 0.15) is 17.5 Å². The van der Waals surface area contributed by atoms with Crippen molar-refractivity contribution in [3.63, 3.8) is 0 Å². The van der Waals surface area contributed by atoms with E-state index in [4.69, 9.17) is 4.74 Å². The van der Waals surface area contributed by atoms with Crippen LogP contribution in [0, 0.1) is 5.92 Å². The Labute approximate surface area is 144 Å². The Balaban J connectivity index is 1.57. The number of carbonyl (C=O) groups is 1. The molecule has 2 heterocycles. The van der Waals surface area contributed by atoms with Crippen molar-refractivity contribution in [2.45, 2.75) is 19.3 Å². The van der Waals surface area contributed by atoms with Crippen molar-refractivity contribution in [3.05, 3.63) is 62.4 Å². The number of amides is 1. The molecule has 0 aliphatic carbocycles. The Hall–Kier alpha value is -2.83. The fraction of sp³-hybridized carbons (Fsp3) is 0.389. The van der Waals surface area contributed by atoms with Crippen molar-refractivity contribution in [3.8, 4) is 5.75 Å². The third-order valence-electron chi connectivity index (χ3n) is 4.56. The normalized spacial score (nSPS) is 16.8. The molecule has 132 valence electrons. The second kappa shape index (κ2) is 7.38. The maximum absolute atomic E-state index is 12.4. The summed E-state index contributed by atoms with van der Waals surface area (Å²) in [5.74, 6) is 1.15. The molecule has 1 unspecified atom stereocenters. The third-order valence-corrected chi connectivity index (χ3v) is 4.56. The van der Waals surface area contributed by atoms with Gasteiger partial charge in [0, 0.05) is 24.8 Å². The van der Waals surface area contributed by atoms with Crippen LogP contribution in [0.2, 0.25) is 0 Å². The Morgan fingerprint density at radius 2 is 2.04 bits per heavy atom. The summed E-state index contributed by atoms with van der Waals surface area (Å²) in [6.45, 7) is 1.38. The summed E-state index contributed by atoms with van der Waals surface area (Å²) in [7, 11) is 1.64. The molecule has 0 spiro atoms. The molecule has 1 aromatic heterocycles. The van der Waals surface area contributed by atoms with E-state index in [1.54, 1.807) is 12.0 Å². The second-order valence-electron chi connectivity index (χ2n) is 6.32. The first-order valence-corrected chi connectivity index (χ1v) is 8.26. The number of hydrogen-bond acceptors (Lipinski definition) is 4. The van der Waals surface area contributed by atoms with E-state index in [-0.39, 0.29) is 17.9 Å². The van der Waals surface area contributed by atoms with Crippen LogP contribution < -0.4 is 16.0 Å². The molecular weight excluding hydrogens is 322 g/mol. The molecule has 1 aliphatic heterocycles. The minimum atomic E-state index is -0.568. The van der Waals surface area contributed by atoms with E-state index in [1.807, 2.05) is 24.3 Å². The highest BCUT2D eigenvalue weighted by Crippen LogP contribution is 2.22. The molecule has 25 heavy (non-hydrogen) atoms. The molecular formula is C18H21N3O4. The first kappa shape index (κ1) is 17.0. The van der Waals surface area contributed by atoms with Crippen LogP contribution in [0.3, 0.4) is 0 Å². The zero-order valence-corrected chi connectivity index (χ0v) is 14.1. The van der Waals surface area contributed by atoms with Gasteiger partial charge in [-0.3, -0.25) is 14.6 Å². The number of aromatic amines is 2. The van der Waals surface area contributed by atoms with E-state index >= 15 is 0 Å². The summed E-state index contributed by atoms with van der Waals surface area (Å²) in [5.41, 5.74) is 0.424. The lowest BCUT2D eigenvalue weighted by Crippen LogP contribution is -2.33. The smallest absolute Gasteiger partial charge is 0.325 e. The summed E-state index contributed by atoms with van der Waals surface area (Å²) in [6.07, 6.45) is 3.16. The maximum atomic E-state index is 12.4. The van der Waals surface area contributed by atoms with Gasteiger partial charge in [-0.05, 0) is 36.5 Å². The zero-order chi connectivity index (χ0) is 17.8. The summed E-state index contributed by atoms with van der Waals surface area (Å²) >= 11 is 0. The Kier molecular flexibility index (Phi) is 5.02. The van der Waals surface area contributed by atoms with Crippen molar-refractivity contribution in [1.29, 1.82) is 0 Å². The second-order valence-corrected chi connectivity index (χ2v) is 6.32. The van der Waals surface area contributed by atoms with Crippen LogP contribution in [0.5, 0.6) is 5.75 Å². The number of nitrogens with zero attached hydrogens (tertiary/aromatic N) is 1. The van der Waals surface area contributed by atoms with Gasteiger partial charge in [0.1, 0.15) is 5.75 Å². The van der Waals surface area contributed by atoms with Crippen molar-refractivity contribution in [1.82, 2.24) is 14.9 Å². The highest BCUT2D eigenvalue weighted by atomic mass is 16.5. The third kappa shape index (κ3) is 4.17. The number of hydrogen-bond donors (Lipinski definition) is 2. The fourth-order valence-corrected chi connectivity index (χ4v) is 3.16. The fourth-order valence-electron chi connectivity index (χ4n) is 3.16. The van der Waals surface area contributed by atoms with Crippen LogP contribution in [0.15, 0.2) is 40.1 Å². The van der Waals surface area contributed by atoms with Gasteiger partial charge in [-0.1, -0.05) is 12.1 Å². The average molecular weight is 343 g/mol. The molecule has 7 heteroatoms. The lowest BCUT2D eigenvalue weighted by Gasteiger charge is -2.16. The zero-order valence-electron chi connectivity index (χ0n) is 14.1. The maximum Gasteiger partial charge on any atom is 0.325 e. The molecule has 1 saturated heterocycles. The van der Waals surface area contributed by atoms with Gasteiger partial charge in [0.2, 0.25) is 5.91 Å². The number of carbonyl (C=O) groups excluding carboxylic acids is 1. The molecule has 1 amide bonds. The molecule has 1 atom stereocenters. The van der Waals surface area contributed by atoms with Crippen molar-refractivity contribution < 1.29 is 9.53 Å². The molecule has 1 aliphatic rings. The van der Waals surface area contributed by atoms with Crippen molar-refractivity contribution in [2.24, 2.45) is 5.92 Å². The van der Waals surface area contributed by atoms with Gasteiger partial charge in [-0.25, -0.2) is 4.79 Å².